The van der Waals surface area contributed by atoms with Gasteiger partial charge in [0.2, 0.25) is 0 Å². The first-order valence-electron chi connectivity index (χ1n) is 6.61. The van der Waals surface area contributed by atoms with Crippen LogP contribution >= 0.6 is 0 Å². The van der Waals surface area contributed by atoms with Gasteiger partial charge in [0, 0.05) is 35.5 Å². The second-order valence-corrected chi connectivity index (χ2v) is 4.91. The van der Waals surface area contributed by atoms with Gasteiger partial charge in [-0.15, -0.1) is 0 Å². The van der Waals surface area contributed by atoms with Crippen molar-refractivity contribution in [2.75, 3.05) is 6.61 Å². The third-order valence-corrected chi connectivity index (χ3v) is 3.32. The number of ether oxygens (including phenoxy) is 1. The van der Waals surface area contributed by atoms with Crippen LogP contribution in [0.25, 0.3) is 11.3 Å². The first kappa shape index (κ1) is 15.3. The maximum atomic E-state index is 13.4. The second-order valence-electron chi connectivity index (χ2n) is 4.91. The van der Waals surface area contributed by atoms with Gasteiger partial charge in [-0.2, -0.15) is 13.2 Å². The summed E-state index contributed by atoms with van der Waals surface area (Å²) in [6.07, 6.45) is -3.18. The van der Waals surface area contributed by atoms with Crippen molar-refractivity contribution in [1.29, 1.82) is 0 Å². The lowest BCUT2D eigenvalue weighted by Gasteiger charge is -2.14. The van der Waals surface area contributed by atoms with Gasteiger partial charge in [0.25, 0.3) is 5.91 Å². The number of carbonyl (C=O) groups is 1. The number of amides is 1. The Morgan fingerprint density at radius 2 is 2.00 bits per heavy atom. The molecule has 0 aliphatic carbocycles. The molecule has 0 saturated carbocycles. The fraction of sp³-hybridized carbons (Fsp3) is 0.200. The molecule has 1 aliphatic rings. The summed E-state index contributed by atoms with van der Waals surface area (Å²) in [7, 11) is 0. The molecule has 3 rings (SSSR count). The average Bonchev–Trinajstić information content (AvgIpc) is 2.86. The number of nitrogens with one attached hydrogen (secondary N) is 1. The Bertz CT molecular complexity index is 775. The van der Waals surface area contributed by atoms with Crippen LogP contribution in [0.4, 0.5) is 17.6 Å². The molecule has 0 unspecified atom stereocenters. The molecule has 4 nitrogen and oxygen atoms in total. The molecule has 0 saturated heterocycles. The van der Waals surface area contributed by atoms with Crippen LogP contribution in [-0.2, 0) is 6.54 Å². The summed E-state index contributed by atoms with van der Waals surface area (Å²) < 4.78 is 55.2. The minimum absolute atomic E-state index is 0.198. The SMILES string of the molecule is O=C1NCc2c1ccnc2-c1ccc(F)cc1OCC(F)(F)F. The van der Waals surface area contributed by atoms with Crippen molar-refractivity contribution in [1.82, 2.24) is 10.3 Å². The van der Waals surface area contributed by atoms with Crippen molar-refractivity contribution < 1.29 is 27.1 Å². The van der Waals surface area contributed by atoms with E-state index in [1.54, 1.807) is 0 Å². The number of pyridine rings is 1. The molecule has 1 amide bonds. The van der Waals surface area contributed by atoms with Crippen LogP contribution in [0.1, 0.15) is 15.9 Å². The zero-order valence-corrected chi connectivity index (χ0v) is 11.6. The molecule has 0 atom stereocenters. The van der Waals surface area contributed by atoms with Gasteiger partial charge in [-0.1, -0.05) is 0 Å². The van der Waals surface area contributed by atoms with E-state index in [2.05, 4.69) is 10.3 Å². The molecule has 1 N–H and O–H groups in total. The molecular formula is C15H10F4N2O2. The summed E-state index contributed by atoms with van der Waals surface area (Å²) in [5.74, 6) is -1.29. The summed E-state index contributed by atoms with van der Waals surface area (Å²) in [5.41, 5.74) is 1.42. The molecule has 0 bridgehead atoms. The number of alkyl halides is 3. The highest BCUT2D eigenvalue weighted by molar-refractivity contribution is 6.00. The molecule has 120 valence electrons. The van der Waals surface area contributed by atoms with Gasteiger partial charge in [0.15, 0.2) is 6.61 Å². The Morgan fingerprint density at radius 3 is 2.74 bits per heavy atom. The fourth-order valence-corrected chi connectivity index (χ4v) is 2.35. The lowest BCUT2D eigenvalue weighted by Crippen LogP contribution is -2.19. The molecule has 23 heavy (non-hydrogen) atoms. The fourth-order valence-electron chi connectivity index (χ4n) is 2.35. The summed E-state index contributed by atoms with van der Waals surface area (Å²) in [6.45, 7) is -1.34. The van der Waals surface area contributed by atoms with E-state index in [1.807, 2.05) is 0 Å². The third-order valence-electron chi connectivity index (χ3n) is 3.32. The smallest absolute Gasteiger partial charge is 0.422 e. The van der Waals surface area contributed by atoms with E-state index in [1.165, 1.54) is 18.3 Å². The molecule has 1 aliphatic heterocycles. The number of benzene rings is 1. The second kappa shape index (κ2) is 5.53. The Labute approximate surface area is 128 Å². The minimum Gasteiger partial charge on any atom is -0.483 e. The van der Waals surface area contributed by atoms with Crippen LogP contribution in [-0.4, -0.2) is 23.7 Å². The third kappa shape index (κ3) is 3.10. The van der Waals surface area contributed by atoms with Crippen molar-refractivity contribution in [3.05, 3.63) is 47.4 Å². The standard InChI is InChI=1S/C15H10F4N2O2/c16-8-1-2-10(12(5-8)23-7-15(17,18)19)13-11-6-21-14(22)9(11)3-4-20-13/h1-5H,6-7H2,(H,21,22). The van der Waals surface area contributed by atoms with Gasteiger partial charge >= 0.3 is 6.18 Å². The molecule has 2 aromatic rings. The molecular weight excluding hydrogens is 316 g/mol. The van der Waals surface area contributed by atoms with Crippen molar-refractivity contribution in [3.8, 4) is 17.0 Å². The molecule has 8 heteroatoms. The van der Waals surface area contributed by atoms with Crippen LogP contribution in [0.2, 0.25) is 0 Å². The predicted octanol–water partition coefficient (Wildman–Crippen LogP) is 3.07. The van der Waals surface area contributed by atoms with E-state index >= 15 is 0 Å². The highest BCUT2D eigenvalue weighted by atomic mass is 19.4. The monoisotopic (exact) mass is 326 g/mol. The van der Waals surface area contributed by atoms with Gasteiger partial charge in [-0.3, -0.25) is 9.78 Å². The highest BCUT2D eigenvalue weighted by Gasteiger charge is 2.30. The van der Waals surface area contributed by atoms with E-state index in [4.69, 9.17) is 4.74 Å². The van der Waals surface area contributed by atoms with Gasteiger partial charge < -0.3 is 10.1 Å². The molecule has 1 aromatic heterocycles. The van der Waals surface area contributed by atoms with Gasteiger partial charge in [0.1, 0.15) is 11.6 Å². The first-order chi connectivity index (χ1) is 10.8. The Balaban J connectivity index is 2.05. The Hall–Kier alpha value is -2.64. The summed E-state index contributed by atoms with van der Waals surface area (Å²) in [6, 6.07) is 4.76. The number of hydrogen-bond acceptors (Lipinski definition) is 3. The molecule has 0 fully saturated rings. The maximum absolute atomic E-state index is 13.4. The van der Waals surface area contributed by atoms with Crippen molar-refractivity contribution in [3.63, 3.8) is 0 Å². The van der Waals surface area contributed by atoms with Crippen LogP contribution in [0.5, 0.6) is 5.75 Å². The van der Waals surface area contributed by atoms with Crippen LogP contribution in [0, 0.1) is 5.82 Å². The zero-order chi connectivity index (χ0) is 16.6. The number of halogens is 4. The minimum atomic E-state index is -4.55. The van der Waals surface area contributed by atoms with Gasteiger partial charge in [-0.25, -0.2) is 4.39 Å². The molecule has 0 spiro atoms. The van der Waals surface area contributed by atoms with Crippen molar-refractivity contribution >= 4 is 5.91 Å². The van der Waals surface area contributed by atoms with E-state index in [-0.39, 0.29) is 29.5 Å². The molecule has 1 aromatic carbocycles. The van der Waals surface area contributed by atoms with E-state index in [9.17, 15) is 22.4 Å². The maximum Gasteiger partial charge on any atom is 0.422 e. The zero-order valence-electron chi connectivity index (χ0n) is 11.6. The topological polar surface area (TPSA) is 51.2 Å². The summed E-state index contributed by atoms with van der Waals surface area (Å²) in [5, 5.41) is 2.61. The van der Waals surface area contributed by atoms with Gasteiger partial charge in [-0.05, 0) is 18.2 Å². The number of hydrogen-bond donors (Lipinski definition) is 1. The number of rotatable bonds is 3. The van der Waals surface area contributed by atoms with E-state index < -0.39 is 18.6 Å². The number of fused-ring (bicyclic) bond motifs is 1. The number of aromatic nitrogens is 1. The lowest BCUT2D eigenvalue weighted by molar-refractivity contribution is -0.153. The Kier molecular flexibility index (Phi) is 3.67. The van der Waals surface area contributed by atoms with Crippen LogP contribution in [0.15, 0.2) is 30.5 Å². The van der Waals surface area contributed by atoms with E-state index in [0.29, 0.717) is 11.1 Å². The largest absolute Gasteiger partial charge is 0.483 e. The van der Waals surface area contributed by atoms with Crippen LogP contribution in [0.3, 0.4) is 0 Å². The van der Waals surface area contributed by atoms with Crippen LogP contribution < -0.4 is 10.1 Å². The number of carbonyl (C=O) groups excluding carboxylic acids is 1. The van der Waals surface area contributed by atoms with Crippen molar-refractivity contribution in [2.24, 2.45) is 0 Å². The average molecular weight is 326 g/mol. The molecule has 0 radical (unpaired) electrons. The van der Waals surface area contributed by atoms with Gasteiger partial charge in [0.05, 0.1) is 5.69 Å². The Morgan fingerprint density at radius 1 is 1.22 bits per heavy atom. The van der Waals surface area contributed by atoms with Crippen molar-refractivity contribution in [2.45, 2.75) is 12.7 Å². The van der Waals surface area contributed by atoms with E-state index in [0.717, 1.165) is 12.1 Å². The lowest BCUT2D eigenvalue weighted by atomic mass is 10.0. The highest BCUT2D eigenvalue weighted by Crippen LogP contribution is 2.35. The molecule has 2 heterocycles. The predicted molar refractivity (Wildman–Crippen MR) is 72.4 cm³/mol. The summed E-state index contributed by atoms with van der Waals surface area (Å²) >= 11 is 0. The first-order valence-corrected chi connectivity index (χ1v) is 6.61. The quantitative estimate of drug-likeness (QED) is 0.882. The number of nitrogens with zero attached hydrogens (tertiary/aromatic N) is 1. The summed E-state index contributed by atoms with van der Waals surface area (Å²) in [4.78, 5) is 15.8. The normalized spacial score (nSPS) is 13.7.